The molecule has 118 valence electrons. The summed E-state index contributed by atoms with van der Waals surface area (Å²) in [5.74, 6) is -0.941. The minimum atomic E-state index is -0.941. The van der Waals surface area contributed by atoms with Crippen LogP contribution in [0.2, 0.25) is 0 Å². The molecule has 1 aromatic heterocycles. The van der Waals surface area contributed by atoms with Crippen molar-refractivity contribution in [2.75, 3.05) is 0 Å². The van der Waals surface area contributed by atoms with E-state index in [0.29, 0.717) is 13.0 Å². The van der Waals surface area contributed by atoms with Crippen molar-refractivity contribution in [2.45, 2.75) is 19.1 Å². The molecule has 0 saturated carbocycles. The number of carboxylic acids is 1. The average Bonchev–Trinajstić information content (AvgIpc) is 2.98. The molecule has 0 bridgehead atoms. The van der Waals surface area contributed by atoms with Crippen LogP contribution in [0.3, 0.4) is 0 Å². The van der Waals surface area contributed by atoms with Gasteiger partial charge in [-0.3, -0.25) is 9.63 Å². The number of carboxylic acid groups (broad SMARTS) is 1. The fourth-order valence-corrected chi connectivity index (χ4v) is 2.50. The highest BCUT2D eigenvalue weighted by Gasteiger charge is 2.19. The Morgan fingerprint density at radius 2 is 1.87 bits per heavy atom. The van der Waals surface area contributed by atoms with Gasteiger partial charge in [-0.05, 0) is 17.2 Å². The summed E-state index contributed by atoms with van der Waals surface area (Å²) in [6, 6.07) is 16.6. The second-order valence-electron chi connectivity index (χ2n) is 5.35. The predicted octanol–water partition coefficient (Wildman–Crippen LogP) is 2.89. The fraction of sp³-hybridized carbons (Fsp3) is 0.167. The lowest BCUT2D eigenvalue weighted by molar-refractivity contribution is -0.144. The SMILES string of the molecule is O=C(O)[C@@H](Cc1c[nH]c2ccccc12)NOCc1ccccc1. The van der Waals surface area contributed by atoms with Gasteiger partial charge in [-0.25, -0.2) is 0 Å². The van der Waals surface area contributed by atoms with Crippen LogP contribution in [0.15, 0.2) is 60.8 Å². The van der Waals surface area contributed by atoms with Crippen LogP contribution in [0.4, 0.5) is 0 Å². The van der Waals surface area contributed by atoms with Crippen LogP contribution in [-0.4, -0.2) is 22.1 Å². The van der Waals surface area contributed by atoms with Gasteiger partial charge in [0, 0.05) is 23.5 Å². The molecule has 3 aromatic rings. The maximum absolute atomic E-state index is 11.5. The van der Waals surface area contributed by atoms with Gasteiger partial charge in [0.25, 0.3) is 0 Å². The minimum absolute atomic E-state index is 0.318. The lowest BCUT2D eigenvalue weighted by atomic mass is 10.1. The van der Waals surface area contributed by atoms with Crippen LogP contribution < -0.4 is 5.48 Å². The normalized spacial score (nSPS) is 12.3. The zero-order chi connectivity index (χ0) is 16.1. The van der Waals surface area contributed by atoms with E-state index in [1.165, 1.54) is 0 Å². The van der Waals surface area contributed by atoms with E-state index in [4.69, 9.17) is 4.84 Å². The first kappa shape index (κ1) is 15.3. The highest BCUT2D eigenvalue weighted by atomic mass is 16.6. The van der Waals surface area contributed by atoms with Crippen molar-refractivity contribution < 1.29 is 14.7 Å². The Labute approximate surface area is 133 Å². The summed E-state index contributed by atoms with van der Waals surface area (Å²) >= 11 is 0. The number of benzene rings is 2. The summed E-state index contributed by atoms with van der Waals surface area (Å²) in [5, 5.41) is 10.4. The fourth-order valence-electron chi connectivity index (χ4n) is 2.50. The Kier molecular flexibility index (Phi) is 4.71. The van der Waals surface area contributed by atoms with E-state index < -0.39 is 12.0 Å². The summed E-state index contributed by atoms with van der Waals surface area (Å²) in [5.41, 5.74) is 5.58. The Morgan fingerprint density at radius 1 is 1.13 bits per heavy atom. The second-order valence-corrected chi connectivity index (χ2v) is 5.35. The van der Waals surface area contributed by atoms with Gasteiger partial charge in [-0.2, -0.15) is 5.48 Å². The molecule has 0 saturated heterocycles. The maximum atomic E-state index is 11.5. The number of aromatic amines is 1. The first-order valence-corrected chi connectivity index (χ1v) is 7.43. The number of rotatable bonds is 7. The summed E-state index contributed by atoms with van der Waals surface area (Å²) in [4.78, 5) is 20.0. The number of para-hydroxylation sites is 1. The summed E-state index contributed by atoms with van der Waals surface area (Å²) in [6.07, 6.45) is 2.19. The number of carbonyl (C=O) groups is 1. The number of H-pyrrole nitrogens is 1. The van der Waals surface area contributed by atoms with E-state index >= 15 is 0 Å². The molecule has 0 amide bonds. The van der Waals surface area contributed by atoms with Gasteiger partial charge >= 0.3 is 5.97 Å². The Morgan fingerprint density at radius 3 is 2.65 bits per heavy atom. The molecule has 0 aliphatic heterocycles. The van der Waals surface area contributed by atoms with Crippen LogP contribution in [0, 0.1) is 0 Å². The zero-order valence-corrected chi connectivity index (χ0v) is 12.5. The first-order valence-electron chi connectivity index (χ1n) is 7.43. The van der Waals surface area contributed by atoms with Gasteiger partial charge in [0.05, 0.1) is 6.61 Å². The third-order valence-corrected chi connectivity index (χ3v) is 3.70. The van der Waals surface area contributed by atoms with Gasteiger partial charge in [-0.15, -0.1) is 0 Å². The van der Waals surface area contributed by atoms with Crippen molar-refractivity contribution in [3.8, 4) is 0 Å². The summed E-state index contributed by atoms with van der Waals surface area (Å²) in [6.45, 7) is 0.318. The lowest BCUT2D eigenvalue weighted by Crippen LogP contribution is -2.38. The number of hydrogen-bond acceptors (Lipinski definition) is 3. The van der Waals surface area contributed by atoms with Crippen molar-refractivity contribution in [1.82, 2.24) is 10.5 Å². The van der Waals surface area contributed by atoms with E-state index in [-0.39, 0.29) is 0 Å². The molecule has 0 spiro atoms. The topological polar surface area (TPSA) is 74.3 Å². The number of fused-ring (bicyclic) bond motifs is 1. The van der Waals surface area contributed by atoms with E-state index in [2.05, 4.69) is 10.5 Å². The van der Waals surface area contributed by atoms with Crippen molar-refractivity contribution in [1.29, 1.82) is 0 Å². The number of hydrogen-bond donors (Lipinski definition) is 3. The van der Waals surface area contributed by atoms with Crippen molar-refractivity contribution in [3.05, 3.63) is 71.9 Å². The van der Waals surface area contributed by atoms with E-state index in [0.717, 1.165) is 22.0 Å². The van der Waals surface area contributed by atoms with E-state index in [1.54, 1.807) is 0 Å². The monoisotopic (exact) mass is 310 g/mol. The van der Waals surface area contributed by atoms with Crippen LogP contribution in [0.25, 0.3) is 10.9 Å². The van der Waals surface area contributed by atoms with Crippen molar-refractivity contribution >= 4 is 16.9 Å². The molecule has 0 aliphatic carbocycles. The molecule has 0 unspecified atom stereocenters. The van der Waals surface area contributed by atoms with Gasteiger partial charge in [-0.1, -0.05) is 48.5 Å². The third-order valence-electron chi connectivity index (χ3n) is 3.70. The molecule has 0 radical (unpaired) electrons. The molecule has 3 N–H and O–H groups in total. The summed E-state index contributed by atoms with van der Waals surface area (Å²) in [7, 11) is 0. The van der Waals surface area contributed by atoms with E-state index in [9.17, 15) is 9.90 Å². The highest BCUT2D eigenvalue weighted by molar-refractivity contribution is 5.84. The van der Waals surface area contributed by atoms with Crippen LogP contribution in [0.1, 0.15) is 11.1 Å². The molecule has 5 nitrogen and oxygen atoms in total. The van der Waals surface area contributed by atoms with Gasteiger partial charge in [0.15, 0.2) is 0 Å². The summed E-state index contributed by atoms with van der Waals surface area (Å²) < 4.78 is 0. The maximum Gasteiger partial charge on any atom is 0.323 e. The van der Waals surface area contributed by atoms with Crippen LogP contribution in [0.5, 0.6) is 0 Å². The van der Waals surface area contributed by atoms with Gasteiger partial charge in [0.1, 0.15) is 6.04 Å². The molecule has 1 atom stereocenters. The molecule has 2 aromatic carbocycles. The molecule has 3 rings (SSSR count). The number of aromatic nitrogens is 1. The molecule has 1 heterocycles. The Bertz CT molecular complexity index is 783. The number of aliphatic carboxylic acids is 1. The molecule has 0 fully saturated rings. The Balaban J connectivity index is 1.64. The molecular weight excluding hydrogens is 292 g/mol. The predicted molar refractivity (Wildman–Crippen MR) is 87.8 cm³/mol. The molecule has 23 heavy (non-hydrogen) atoms. The first-order chi connectivity index (χ1) is 11.2. The highest BCUT2D eigenvalue weighted by Crippen LogP contribution is 2.19. The quantitative estimate of drug-likeness (QED) is 0.587. The molecule has 0 aliphatic rings. The van der Waals surface area contributed by atoms with Crippen molar-refractivity contribution in [2.24, 2.45) is 0 Å². The largest absolute Gasteiger partial charge is 0.480 e. The number of nitrogens with one attached hydrogen (secondary N) is 2. The van der Waals surface area contributed by atoms with Gasteiger partial charge < -0.3 is 10.1 Å². The van der Waals surface area contributed by atoms with Crippen LogP contribution in [-0.2, 0) is 22.7 Å². The average molecular weight is 310 g/mol. The second kappa shape index (κ2) is 7.09. The van der Waals surface area contributed by atoms with E-state index in [1.807, 2.05) is 60.8 Å². The smallest absolute Gasteiger partial charge is 0.323 e. The Hall–Kier alpha value is -2.63. The lowest BCUT2D eigenvalue weighted by Gasteiger charge is -2.14. The van der Waals surface area contributed by atoms with Crippen LogP contribution >= 0.6 is 0 Å². The van der Waals surface area contributed by atoms with Gasteiger partial charge in [0.2, 0.25) is 0 Å². The molecule has 5 heteroatoms. The standard InChI is InChI=1S/C18H18N2O3/c21-18(22)17(20-23-12-13-6-2-1-3-7-13)10-14-11-19-16-9-5-4-8-15(14)16/h1-9,11,17,19-20H,10,12H2,(H,21,22)/t17-/m1/s1. The number of hydroxylamine groups is 1. The zero-order valence-electron chi connectivity index (χ0n) is 12.5. The minimum Gasteiger partial charge on any atom is -0.480 e. The van der Waals surface area contributed by atoms with Crippen molar-refractivity contribution in [3.63, 3.8) is 0 Å². The molecular formula is C18H18N2O3. The third kappa shape index (κ3) is 3.77.